The van der Waals surface area contributed by atoms with E-state index in [2.05, 4.69) is 24.3 Å². The highest BCUT2D eigenvalue weighted by atomic mass is 19.2. The number of allylic oxidation sites excluding steroid dienone is 4. The minimum atomic E-state index is -1.49. The van der Waals surface area contributed by atoms with Gasteiger partial charge in [0.2, 0.25) is 23.1 Å². The standard InChI is InChI=1S/C44H39F7O2.C2H6/c1-44(2,30-7-11-32(12-8-30)52-42-36(46)21-29(37(47)40(42)50)19-27-17-23-3-5-25(27)15-23)31-9-13-33(14-10-31)53-43-39(49)35(22-45)34(38(48)41(43)51)20-28-18-24-4-6-26(28)16-24;1-2/h3-14,21,23-28H,15-20,22H2,1-2H3;1-2H3. The second-order valence-electron chi connectivity index (χ2n) is 15.7. The van der Waals surface area contributed by atoms with Crippen LogP contribution in [0.15, 0.2) is 78.9 Å². The lowest BCUT2D eigenvalue weighted by Gasteiger charge is -2.26. The van der Waals surface area contributed by atoms with E-state index in [9.17, 15) is 4.39 Å². The molecule has 2 nitrogen and oxygen atoms in total. The third-order valence-electron chi connectivity index (χ3n) is 12.2. The molecule has 4 bridgehead atoms. The molecule has 0 heterocycles. The Labute approximate surface area is 318 Å². The van der Waals surface area contributed by atoms with E-state index in [1.807, 2.05) is 27.7 Å². The van der Waals surface area contributed by atoms with Crippen molar-refractivity contribution in [2.45, 2.75) is 78.3 Å². The second kappa shape index (κ2) is 15.5. The number of rotatable bonds is 11. The van der Waals surface area contributed by atoms with Crippen LogP contribution in [-0.4, -0.2) is 0 Å². The summed E-state index contributed by atoms with van der Waals surface area (Å²) >= 11 is 0. The highest BCUT2D eigenvalue weighted by molar-refractivity contribution is 5.46. The third-order valence-corrected chi connectivity index (χ3v) is 12.2. The Balaban J connectivity index is 0.00000229. The zero-order valence-corrected chi connectivity index (χ0v) is 31.4. The normalized spacial score (nSPS) is 23.3. The van der Waals surface area contributed by atoms with Gasteiger partial charge in [-0.05, 0) is 121 Å². The minimum absolute atomic E-state index is 0.00190. The number of hydrogen-bond donors (Lipinski definition) is 0. The zero-order chi connectivity index (χ0) is 39.2. The number of hydrogen-bond acceptors (Lipinski definition) is 2. The van der Waals surface area contributed by atoms with Gasteiger partial charge in [0, 0.05) is 16.5 Å². The van der Waals surface area contributed by atoms with Crippen LogP contribution in [-0.2, 0) is 24.9 Å². The Morgan fingerprint density at radius 3 is 1.53 bits per heavy atom. The number of fused-ring (bicyclic) bond motifs is 4. The molecule has 4 aliphatic carbocycles. The molecule has 9 heteroatoms. The van der Waals surface area contributed by atoms with Gasteiger partial charge >= 0.3 is 0 Å². The number of alkyl halides is 1. The number of benzene rings is 4. The predicted octanol–water partition coefficient (Wildman–Crippen LogP) is 13.4. The van der Waals surface area contributed by atoms with Gasteiger partial charge in [-0.2, -0.15) is 8.78 Å². The van der Waals surface area contributed by atoms with Crippen LogP contribution in [0.25, 0.3) is 0 Å². The minimum Gasteiger partial charge on any atom is -0.451 e. The van der Waals surface area contributed by atoms with Crippen molar-refractivity contribution in [3.63, 3.8) is 0 Å². The Morgan fingerprint density at radius 1 is 0.564 bits per heavy atom. The van der Waals surface area contributed by atoms with Crippen molar-refractivity contribution in [3.8, 4) is 23.0 Å². The van der Waals surface area contributed by atoms with E-state index in [0.29, 0.717) is 17.8 Å². The van der Waals surface area contributed by atoms with Gasteiger partial charge < -0.3 is 9.47 Å². The van der Waals surface area contributed by atoms with Crippen LogP contribution in [0.2, 0.25) is 0 Å². The van der Waals surface area contributed by atoms with Gasteiger partial charge in [-0.15, -0.1) is 0 Å². The predicted molar refractivity (Wildman–Crippen MR) is 199 cm³/mol. The Hall–Kier alpha value is -4.53. The van der Waals surface area contributed by atoms with Gasteiger partial charge in [-0.25, -0.2) is 22.0 Å². The summed E-state index contributed by atoms with van der Waals surface area (Å²) in [6.07, 6.45) is 12.4. The maximum Gasteiger partial charge on any atom is 0.204 e. The molecule has 8 rings (SSSR count). The Bertz CT molecular complexity index is 2100. The highest BCUT2D eigenvalue weighted by Gasteiger charge is 2.39. The monoisotopic (exact) mass is 762 g/mol. The topological polar surface area (TPSA) is 18.5 Å². The molecular formula is C46H45F7O2. The average molecular weight is 763 g/mol. The molecule has 4 aromatic rings. The fourth-order valence-electron chi connectivity index (χ4n) is 9.13. The lowest BCUT2D eigenvalue weighted by Crippen LogP contribution is -2.18. The van der Waals surface area contributed by atoms with E-state index in [0.717, 1.165) is 42.9 Å². The van der Waals surface area contributed by atoms with E-state index in [1.54, 1.807) is 24.3 Å². The van der Waals surface area contributed by atoms with E-state index in [4.69, 9.17) is 9.47 Å². The molecule has 6 unspecified atom stereocenters. The zero-order valence-electron chi connectivity index (χ0n) is 31.4. The molecule has 0 radical (unpaired) electrons. The molecule has 4 aromatic carbocycles. The van der Waals surface area contributed by atoms with Crippen molar-refractivity contribution in [1.82, 2.24) is 0 Å². The summed E-state index contributed by atoms with van der Waals surface area (Å²) in [6, 6.07) is 13.8. The van der Waals surface area contributed by atoms with Gasteiger partial charge in [0.15, 0.2) is 23.3 Å². The van der Waals surface area contributed by atoms with Crippen LogP contribution in [0, 0.1) is 70.4 Å². The lowest BCUT2D eigenvalue weighted by molar-refractivity contribution is 0.360. The van der Waals surface area contributed by atoms with E-state index in [-0.39, 0.29) is 53.2 Å². The molecule has 6 atom stereocenters. The maximum atomic E-state index is 15.5. The Morgan fingerprint density at radius 2 is 1.05 bits per heavy atom. The summed E-state index contributed by atoms with van der Waals surface area (Å²) in [5.41, 5.74) is 0.133. The molecule has 55 heavy (non-hydrogen) atoms. The number of ether oxygens (including phenoxy) is 2. The molecule has 0 saturated heterocycles. The summed E-state index contributed by atoms with van der Waals surface area (Å²) in [5, 5.41) is 0. The third kappa shape index (κ3) is 7.31. The van der Waals surface area contributed by atoms with E-state index in [1.165, 1.54) is 24.3 Å². The van der Waals surface area contributed by atoms with Crippen LogP contribution in [0.3, 0.4) is 0 Å². The van der Waals surface area contributed by atoms with Crippen LogP contribution < -0.4 is 9.47 Å². The molecule has 2 saturated carbocycles. The van der Waals surface area contributed by atoms with Crippen molar-refractivity contribution in [2.24, 2.45) is 35.5 Å². The van der Waals surface area contributed by atoms with Crippen LogP contribution in [0.5, 0.6) is 23.0 Å². The molecular weight excluding hydrogens is 717 g/mol. The van der Waals surface area contributed by atoms with Crippen molar-refractivity contribution < 1.29 is 40.2 Å². The summed E-state index contributed by atoms with van der Waals surface area (Å²) in [7, 11) is 0. The van der Waals surface area contributed by atoms with Crippen molar-refractivity contribution >= 4 is 0 Å². The van der Waals surface area contributed by atoms with Crippen molar-refractivity contribution in [1.29, 1.82) is 0 Å². The highest BCUT2D eigenvalue weighted by Crippen LogP contribution is 2.47. The Kier molecular flexibility index (Phi) is 10.9. The van der Waals surface area contributed by atoms with Crippen molar-refractivity contribution in [3.05, 3.63) is 142 Å². The molecule has 0 aliphatic heterocycles. The van der Waals surface area contributed by atoms with Crippen LogP contribution in [0.1, 0.15) is 81.2 Å². The fourth-order valence-corrected chi connectivity index (χ4v) is 9.13. The first-order valence-electron chi connectivity index (χ1n) is 19.2. The van der Waals surface area contributed by atoms with Gasteiger partial charge in [0.1, 0.15) is 18.2 Å². The van der Waals surface area contributed by atoms with Gasteiger partial charge in [0.05, 0.1) is 0 Å². The van der Waals surface area contributed by atoms with Gasteiger partial charge in [0.25, 0.3) is 0 Å². The molecule has 0 spiro atoms. The quantitative estimate of drug-likeness (QED) is 0.0861. The molecule has 4 aliphatic rings. The van der Waals surface area contributed by atoms with E-state index >= 15 is 26.3 Å². The first-order valence-corrected chi connectivity index (χ1v) is 19.2. The first kappa shape index (κ1) is 38.7. The molecule has 290 valence electrons. The average Bonchev–Trinajstić information content (AvgIpc) is 4.02. The van der Waals surface area contributed by atoms with Crippen molar-refractivity contribution in [2.75, 3.05) is 0 Å². The largest absolute Gasteiger partial charge is 0.451 e. The summed E-state index contributed by atoms with van der Waals surface area (Å²) in [6.45, 7) is 6.55. The first-order chi connectivity index (χ1) is 26.4. The maximum absolute atomic E-state index is 15.5. The summed E-state index contributed by atoms with van der Waals surface area (Å²) in [5.74, 6) is -7.63. The van der Waals surface area contributed by atoms with Crippen LogP contribution in [0.4, 0.5) is 30.7 Å². The molecule has 0 N–H and O–H groups in total. The second-order valence-corrected chi connectivity index (χ2v) is 15.7. The van der Waals surface area contributed by atoms with Gasteiger partial charge in [-0.1, -0.05) is 76.3 Å². The lowest BCUT2D eigenvalue weighted by atomic mass is 9.78. The smallest absolute Gasteiger partial charge is 0.204 e. The SMILES string of the molecule is CC.CC(C)(c1ccc(Oc2c(F)cc(CC3CC4C=CC3C4)c(F)c2F)cc1)c1ccc(Oc2c(F)c(F)c(CC3CC4C=CC3C4)c(CF)c2F)cc1. The van der Waals surface area contributed by atoms with E-state index < -0.39 is 64.1 Å². The number of halogens is 7. The fraction of sp³-hybridized carbons (Fsp3) is 0.391. The molecule has 2 fully saturated rings. The molecule has 0 amide bonds. The summed E-state index contributed by atoms with van der Waals surface area (Å²) in [4.78, 5) is 0. The summed E-state index contributed by atoms with van der Waals surface area (Å²) < 4.78 is 117. The van der Waals surface area contributed by atoms with Gasteiger partial charge in [-0.3, -0.25) is 0 Å². The molecule has 0 aromatic heterocycles. The van der Waals surface area contributed by atoms with Crippen LogP contribution >= 0.6 is 0 Å².